The molecular formula is C24H23ClFN5O3S. The van der Waals surface area contributed by atoms with Crippen molar-refractivity contribution in [1.82, 2.24) is 25.5 Å². The molecule has 35 heavy (non-hydrogen) atoms. The number of hydrogen-bond donors (Lipinski definition) is 1. The predicted molar refractivity (Wildman–Crippen MR) is 131 cm³/mol. The van der Waals surface area contributed by atoms with Crippen molar-refractivity contribution in [2.45, 2.75) is 37.5 Å². The van der Waals surface area contributed by atoms with Gasteiger partial charge in [-0.25, -0.2) is 17.8 Å². The second-order valence-electron chi connectivity index (χ2n) is 8.19. The number of aromatic nitrogens is 4. The Morgan fingerprint density at radius 2 is 1.86 bits per heavy atom. The monoisotopic (exact) mass is 515 g/mol. The quantitative estimate of drug-likeness (QED) is 0.371. The van der Waals surface area contributed by atoms with Crippen molar-refractivity contribution < 1.29 is 17.2 Å². The lowest BCUT2D eigenvalue weighted by Gasteiger charge is -2.11. The Kier molecular flexibility index (Phi) is 6.98. The summed E-state index contributed by atoms with van der Waals surface area (Å²) >= 11 is 6.31. The molecule has 0 aliphatic rings. The third-order valence-corrected chi connectivity index (χ3v) is 8.02. The van der Waals surface area contributed by atoms with E-state index in [1.54, 1.807) is 52.2 Å². The highest BCUT2D eigenvalue weighted by Crippen LogP contribution is 2.32. The third-order valence-electron chi connectivity index (χ3n) is 5.38. The molecule has 2 aromatic carbocycles. The molecule has 0 unspecified atom stereocenters. The molecular weight excluding hydrogens is 493 g/mol. The van der Waals surface area contributed by atoms with Gasteiger partial charge in [-0.3, -0.25) is 4.98 Å². The molecule has 0 atom stereocenters. The maximum atomic E-state index is 14.6. The summed E-state index contributed by atoms with van der Waals surface area (Å²) < 4.78 is 45.4. The highest BCUT2D eigenvalue weighted by atomic mass is 35.5. The average molecular weight is 516 g/mol. The van der Waals surface area contributed by atoms with Crippen LogP contribution in [0.1, 0.15) is 25.1 Å². The molecule has 0 aliphatic carbocycles. The molecule has 0 radical (unpaired) electrons. The van der Waals surface area contributed by atoms with Crippen LogP contribution in [0.4, 0.5) is 4.39 Å². The minimum Gasteiger partial charge on any atom is -0.414 e. The Bertz CT molecular complexity index is 1510. The molecule has 0 spiro atoms. The first-order chi connectivity index (χ1) is 16.6. The third kappa shape index (κ3) is 4.95. The van der Waals surface area contributed by atoms with Crippen LogP contribution in [0.5, 0.6) is 0 Å². The molecule has 2 heterocycles. The fraction of sp³-hybridized carbons (Fsp3) is 0.250. The smallest absolute Gasteiger partial charge is 0.268 e. The van der Waals surface area contributed by atoms with E-state index in [4.69, 9.17) is 16.0 Å². The lowest BCUT2D eigenvalue weighted by molar-refractivity contribution is 0.567. The molecule has 0 amide bonds. The largest absolute Gasteiger partial charge is 0.414 e. The normalized spacial score (nSPS) is 11.9. The van der Waals surface area contributed by atoms with Gasteiger partial charge in [0.2, 0.25) is 0 Å². The summed E-state index contributed by atoms with van der Waals surface area (Å²) in [6.45, 7) is 5.45. The average Bonchev–Trinajstić information content (AvgIpc) is 3.29. The van der Waals surface area contributed by atoms with Crippen LogP contribution >= 0.6 is 11.6 Å². The predicted octanol–water partition coefficient (Wildman–Crippen LogP) is 4.86. The molecule has 0 bridgehead atoms. The van der Waals surface area contributed by atoms with Gasteiger partial charge in [-0.1, -0.05) is 23.7 Å². The molecule has 0 saturated carbocycles. The van der Waals surface area contributed by atoms with Crippen LogP contribution in [0, 0.1) is 12.7 Å². The fourth-order valence-electron chi connectivity index (χ4n) is 3.41. The highest BCUT2D eigenvalue weighted by Gasteiger charge is 2.23. The van der Waals surface area contributed by atoms with Crippen molar-refractivity contribution in [3.63, 3.8) is 0 Å². The summed E-state index contributed by atoms with van der Waals surface area (Å²) in [6.07, 6.45) is 1.54. The summed E-state index contributed by atoms with van der Waals surface area (Å²) in [5.74, 6) is -0.377. The van der Waals surface area contributed by atoms with Crippen molar-refractivity contribution in [3.05, 3.63) is 64.7 Å². The Balaban J connectivity index is 1.69. The number of nitrogens with one attached hydrogen (secondary N) is 1. The number of aryl methyl sites for hydroxylation is 1. The summed E-state index contributed by atoms with van der Waals surface area (Å²) in [7, 11) is -1.75. The van der Waals surface area contributed by atoms with Gasteiger partial charge in [-0.15, -0.1) is 10.2 Å². The van der Waals surface area contributed by atoms with Crippen molar-refractivity contribution >= 4 is 21.4 Å². The molecule has 4 aromatic rings. The van der Waals surface area contributed by atoms with Crippen molar-refractivity contribution in [3.8, 4) is 34.3 Å². The summed E-state index contributed by atoms with van der Waals surface area (Å²) in [5.41, 5.74) is 2.82. The zero-order valence-corrected chi connectivity index (χ0v) is 21.1. The number of benzene rings is 2. The standard InChI is InChI=1S/C24H23ClFN5O3S/c1-13(2)35(32,33)21-8-6-16(10-18(21)25)20-12-28-14(3)22(29-20)24-31-30-23(34-24)17-7-5-15(11-27-4)9-19(17)26/h5-10,12-13,27H,11H2,1-4H3. The van der Waals surface area contributed by atoms with E-state index in [1.807, 2.05) is 0 Å². The van der Waals surface area contributed by atoms with Crippen LogP contribution in [0.25, 0.3) is 34.3 Å². The van der Waals surface area contributed by atoms with Crippen molar-refractivity contribution in [2.75, 3.05) is 7.05 Å². The van der Waals surface area contributed by atoms with Gasteiger partial charge < -0.3 is 9.73 Å². The Labute approximate surface area is 207 Å². The summed E-state index contributed by atoms with van der Waals surface area (Å²) in [5, 5.41) is 10.5. The van der Waals surface area contributed by atoms with E-state index in [-0.39, 0.29) is 27.3 Å². The zero-order valence-electron chi connectivity index (χ0n) is 19.5. The molecule has 0 aliphatic heterocycles. The van der Waals surface area contributed by atoms with Gasteiger partial charge in [-0.05, 0) is 57.6 Å². The van der Waals surface area contributed by atoms with Gasteiger partial charge in [-0.2, -0.15) is 0 Å². The second-order valence-corrected chi connectivity index (χ2v) is 11.1. The number of sulfone groups is 1. The van der Waals surface area contributed by atoms with E-state index >= 15 is 0 Å². The Morgan fingerprint density at radius 3 is 2.51 bits per heavy atom. The maximum Gasteiger partial charge on any atom is 0.268 e. The number of nitrogens with zero attached hydrogens (tertiary/aromatic N) is 4. The van der Waals surface area contributed by atoms with Crippen LogP contribution in [0.15, 0.2) is 51.9 Å². The molecule has 0 saturated heterocycles. The fourth-order valence-corrected chi connectivity index (χ4v) is 5.01. The summed E-state index contributed by atoms with van der Waals surface area (Å²) in [6, 6.07) is 9.38. The molecule has 0 fully saturated rings. The highest BCUT2D eigenvalue weighted by molar-refractivity contribution is 7.92. The van der Waals surface area contributed by atoms with Crippen LogP contribution in [-0.2, 0) is 16.4 Å². The van der Waals surface area contributed by atoms with E-state index in [0.717, 1.165) is 5.56 Å². The van der Waals surface area contributed by atoms with Crippen LogP contribution < -0.4 is 5.32 Å². The maximum absolute atomic E-state index is 14.6. The van der Waals surface area contributed by atoms with Gasteiger partial charge >= 0.3 is 0 Å². The lowest BCUT2D eigenvalue weighted by atomic mass is 10.1. The van der Waals surface area contributed by atoms with E-state index < -0.39 is 20.9 Å². The van der Waals surface area contributed by atoms with Gasteiger partial charge in [0, 0.05) is 12.1 Å². The van der Waals surface area contributed by atoms with Gasteiger partial charge in [0.05, 0.1) is 38.3 Å². The Morgan fingerprint density at radius 1 is 1.11 bits per heavy atom. The lowest BCUT2D eigenvalue weighted by Crippen LogP contribution is -2.14. The second kappa shape index (κ2) is 9.80. The number of halogens is 2. The number of hydrogen-bond acceptors (Lipinski definition) is 8. The molecule has 8 nitrogen and oxygen atoms in total. The first-order valence-electron chi connectivity index (χ1n) is 10.8. The van der Waals surface area contributed by atoms with Crippen molar-refractivity contribution in [2.24, 2.45) is 0 Å². The molecule has 1 N–H and O–H groups in total. The van der Waals surface area contributed by atoms with Gasteiger partial charge in [0.1, 0.15) is 11.5 Å². The van der Waals surface area contributed by atoms with Gasteiger partial charge in [0.25, 0.3) is 11.8 Å². The van der Waals surface area contributed by atoms with E-state index in [1.165, 1.54) is 18.2 Å². The van der Waals surface area contributed by atoms with Crippen LogP contribution in [-0.4, -0.2) is 40.9 Å². The zero-order chi connectivity index (χ0) is 25.3. The molecule has 4 rings (SSSR count). The topological polar surface area (TPSA) is 111 Å². The first-order valence-corrected chi connectivity index (χ1v) is 12.7. The number of rotatable bonds is 7. The minimum atomic E-state index is -3.53. The molecule has 182 valence electrons. The van der Waals surface area contributed by atoms with Crippen LogP contribution in [0.2, 0.25) is 5.02 Å². The Hall–Kier alpha value is -3.21. The SMILES string of the molecule is CNCc1ccc(-c2nnc(-c3nc(-c4ccc(S(=O)(=O)C(C)C)c(Cl)c4)cnc3C)o2)c(F)c1. The molecule has 11 heteroatoms. The minimum absolute atomic E-state index is 0.0198. The van der Waals surface area contributed by atoms with E-state index in [0.29, 0.717) is 29.2 Å². The molecule has 2 aromatic heterocycles. The first kappa shape index (κ1) is 24.9. The summed E-state index contributed by atoms with van der Waals surface area (Å²) in [4.78, 5) is 9.00. The van der Waals surface area contributed by atoms with E-state index in [2.05, 4.69) is 25.5 Å². The van der Waals surface area contributed by atoms with Crippen LogP contribution in [0.3, 0.4) is 0 Å². The van der Waals surface area contributed by atoms with E-state index in [9.17, 15) is 12.8 Å². The van der Waals surface area contributed by atoms with Crippen molar-refractivity contribution in [1.29, 1.82) is 0 Å². The van der Waals surface area contributed by atoms with Gasteiger partial charge in [0.15, 0.2) is 9.84 Å².